The van der Waals surface area contributed by atoms with E-state index in [4.69, 9.17) is 0 Å². The first-order chi connectivity index (χ1) is 16.5. The Bertz CT molecular complexity index is 1520. The van der Waals surface area contributed by atoms with Crippen LogP contribution in [-0.2, 0) is 6.54 Å². The Morgan fingerprint density at radius 3 is 2.50 bits per heavy atom. The van der Waals surface area contributed by atoms with Crippen molar-refractivity contribution in [3.05, 3.63) is 95.3 Å². The van der Waals surface area contributed by atoms with E-state index in [9.17, 15) is 4.79 Å². The highest BCUT2D eigenvalue weighted by Gasteiger charge is 2.11. The highest BCUT2D eigenvalue weighted by Crippen LogP contribution is 2.26. The number of aromatic nitrogens is 5. The summed E-state index contributed by atoms with van der Waals surface area (Å²) in [5.74, 6) is 0.662. The van der Waals surface area contributed by atoms with Crippen LogP contribution in [0.2, 0.25) is 0 Å². The summed E-state index contributed by atoms with van der Waals surface area (Å²) >= 11 is 0. The number of aldehydes is 1. The van der Waals surface area contributed by atoms with Gasteiger partial charge in [-0.15, -0.1) is 0 Å². The van der Waals surface area contributed by atoms with Crippen molar-refractivity contribution in [1.82, 2.24) is 24.6 Å². The number of carbonyl (C=O) groups excluding carboxylic acids is 1. The third kappa shape index (κ3) is 4.15. The van der Waals surface area contributed by atoms with Gasteiger partial charge in [-0.1, -0.05) is 18.2 Å². The zero-order chi connectivity index (χ0) is 23.7. The molecule has 5 aromatic rings. The summed E-state index contributed by atoms with van der Waals surface area (Å²) in [7, 11) is 0. The van der Waals surface area contributed by atoms with Crippen molar-refractivity contribution < 1.29 is 4.79 Å². The molecule has 0 unspecified atom stereocenters. The fraction of sp³-hybridized carbons (Fsp3) is 0.148. The summed E-state index contributed by atoms with van der Waals surface area (Å²) in [6, 6.07) is 14.5. The second-order valence-corrected chi connectivity index (χ2v) is 8.38. The van der Waals surface area contributed by atoms with Crippen LogP contribution in [0.4, 0.5) is 5.95 Å². The normalized spacial score (nSPS) is 11.0. The lowest BCUT2D eigenvalue weighted by molar-refractivity contribution is 0.112. The van der Waals surface area contributed by atoms with E-state index in [1.807, 2.05) is 38.2 Å². The SMILES string of the molecule is Cc1cc(-c2ccc(CNc3ncc4cc(-c5cc(C)ncc5C=O)cnn34)cc2C)ccn1. The maximum absolute atomic E-state index is 11.4. The van der Waals surface area contributed by atoms with Gasteiger partial charge in [-0.3, -0.25) is 14.8 Å². The Labute approximate surface area is 197 Å². The first-order valence-electron chi connectivity index (χ1n) is 11.0. The van der Waals surface area contributed by atoms with E-state index in [1.54, 1.807) is 23.1 Å². The Hall–Kier alpha value is -4.39. The molecule has 4 aromatic heterocycles. The van der Waals surface area contributed by atoms with Crippen LogP contribution in [0.3, 0.4) is 0 Å². The van der Waals surface area contributed by atoms with Gasteiger partial charge in [0.15, 0.2) is 6.29 Å². The molecule has 34 heavy (non-hydrogen) atoms. The number of hydrogen-bond donors (Lipinski definition) is 1. The van der Waals surface area contributed by atoms with Crippen LogP contribution < -0.4 is 5.32 Å². The monoisotopic (exact) mass is 448 g/mol. The molecule has 0 saturated heterocycles. The van der Waals surface area contributed by atoms with Crippen LogP contribution in [-0.4, -0.2) is 30.9 Å². The van der Waals surface area contributed by atoms with E-state index in [0.717, 1.165) is 39.9 Å². The summed E-state index contributed by atoms with van der Waals surface area (Å²) in [5, 5.41) is 7.95. The molecular formula is C27H24N6O. The van der Waals surface area contributed by atoms with Crippen LogP contribution in [0.5, 0.6) is 0 Å². The molecule has 4 heterocycles. The van der Waals surface area contributed by atoms with E-state index in [-0.39, 0.29) is 0 Å². The van der Waals surface area contributed by atoms with Crippen LogP contribution in [0, 0.1) is 20.8 Å². The molecule has 0 spiro atoms. The molecule has 1 aromatic carbocycles. The van der Waals surface area contributed by atoms with E-state index in [1.165, 1.54) is 16.7 Å². The average molecular weight is 449 g/mol. The third-order valence-corrected chi connectivity index (χ3v) is 5.84. The summed E-state index contributed by atoms with van der Waals surface area (Å²) in [6.45, 7) is 6.65. The van der Waals surface area contributed by atoms with Gasteiger partial charge in [0.05, 0.1) is 17.9 Å². The van der Waals surface area contributed by atoms with Gasteiger partial charge in [-0.05, 0) is 72.9 Å². The van der Waals surface area contributed by atoms with Crippen LogP contribution in [0.1, 0.15) is 32.9 Å². The second-order valence-electron chi connectivity index (χ2n) is 8.38. The maximum Gasteiger partial charge on any atom is 0.224 e. The Balaban J connectivity index is 1.37. The molecule has 7 heteroatoms. The quantitative estimate of drug-likeness (QED) is 0.359. The number of rotatable bonds is 6. The highest BCUT2D eigenvalue weighted by molar-refractivity contribution is 5.87. The van der Waals surface area contributed by atoms with Crippen molar-refractivity contribution in [2.24, 2.45) is 0 Å². The predicted octanol–water partition coefficient (Wildman–Crippen LogP) is 5.20. The molecule has 0 radical (unpaired) electrons. The number of fused-ring (bicyclic) bond motifs is 1. The summed E-state index contributed by atoms with van der Waals surface area (Å²) < 4.78 is 1.76. The highest BCUT2D eigenvalue weighted by atomic mass is 16.1. The molecule has 0 bridgehead atoms. The minimum absolute atomic E-state index is 0.537. The van der Waals surface area contributed by atoms with Gasteiger partial charge in [0.1, 0.15) is 0 Å². The molecule has 7 nitrogen and oxygen atoms in total. The predicted molar refractivity (Wildman–Crippen MR) is 133 cm³/mol. The Morgan fingerprint density at radius 2 is 1.71 bits per heavy atom. The number of pyridine rings is 2. The minimum Gasteiger partial charge on any atom is -0.350 e. The zero-order valence-electron chi connectivity index (χ0n) is 19.3. The average Bonchev–Trinajstić information content (AvgIpc) is 3.25. The largest absolute Gasteiger partial charge is 0.350 e. The summed E-state index contributed by atoms with van der Waals surface area (Å²) in [5.41, 5.74) is 9.63. The zero-order valence-corrected chi connectivity index (χ0v) is 19.3. The fourth-order valence-corrected chi connectivity index (χ4v) is 4.13. The smallest absolute Gasteiger partial charge is 0.224 e. The van der Waals surface area contributed by atoms with E-state index < -0.39 is 0 Å². The lowest BCUT2D eigenvalue weighted by Crippen LogP contribution is -2.05. The van der Waals surface area contributed by atoms with Crippen molar-refractivity contribution in [3.63, 3.8) is 0 Å². The number of hydrogen-bond acceptors (Lipinski definition) is 6. The van der Waals surface area contributed by atoms with E-state index in [0.29, 0.717) is 18.1 Å². The molecular weight excluding hydrogens is 424 g/mol. The summed E-state index contributed by atoms with van der Waals surface area (Å²) in [6.07, 6.45) is 7.77. The third-order valence-electron chi connectivity index (χ3n) is 5.84. The van der Waals surface area contributed by atoms with E-state index in [2.05, 4.69) is 56.6 Å². The Kier molecular flexibility index (Phi) is 5.59. The number of aryl methyl sites for hydroxylation is 3. The Morgan fingerprint density at radius 1 is 0.853 bits per heavy atom. The van der Waals surface area contributed by atoms with Gasteiger partial charge in [-0.2, -0.15) is 9.61 Å². The first kappa shape index (κ1) is 21.5. The van der Waals surface area contributed by atoms with Gasteiger partial charge in [-0.25, -0.2) is 4.98 Å². The van der Waals surface area contributed by atoms with Crippen LogP contribution in [0.15, 0.2) is 67.3 Å². The molecule has 0 aliphatic rings. The molecule has 0 amide bonds. The number of nitrogens with zero attached hydrogens (tertiary/aromatic N) is 5. The van der Waals surface area contributed by atoms with Crippen LogP contribution >= 0.6 is 0 Å². The van der Waals surface area contributed by atoms with Crippen LogP contribution in [0.25, 0.3) is 27.8 Å². The maximum atomic E-state index is 11.4. The first-order valence-corrected chi connectivity index (χ1v) is 11.0. The van der Waals surface area contributed by atoms with Crippen molar-refractivity contribution in [2.75, 3.05) is 5.32 Å². The lowest BCUT2D eigenvalue weighted by Gasteiger charge is -2.11. The van der Waals surface area contributed by atoms with E-state index >= 15 is 0 Å². The standard InChI is InChI=1S/C27H24N6O/c1-17-8-20(4-5-25(17)21-6-7-28-18(2)9-21)12-30-27-31-15-24-11-22(14-32-33(24)27)26-10-19(3)29-13-23(26)16-34/h4-11,13-16H,12H2,1-3H3,(H,30,31). The second kappa shape index (κ2) is 8.86. The molecule has 1 N–H and O–H groups in total. The minimum atomic E-state index is 0.537. The van der Waals surface area contributed by atoms with Gasteiger partial charge in [0, 0.05) is 41.5 Å². The van der Waals surface area contributed by atoms with Crippen molar-refractivity contribution >= 4 is 17.8 Å². The molecule has 0 atom stereocenters. The van der Waals surface area contributed by atoms with Gasteiger partial charge in [0.2, 0.25) is 5.95 Å². The summed E-state index contributed by atoms with van der Waals surface area (Å²) in [4.78, 5) is 24.4. The van der Waals surface area contributed by atoms with Crippen molar-refractivity contribution in [2.45, 2.75) is 27.3 Å². The molecule has 5 rings (SSSR count). The van der Waals surface area contributed by atoms with Gasteiger partial charge < -0.3 is 5.32 Å². The topological polar surface area (TPSA) is 85.1 Å². The van der Waals surface area contributed by atoms with Crippen molar-refractivity contribution in [3.8, 4) is 22.3 Å². The number of anilines is 1. The lowest BCUT2D eigenvalue weighted by atomic mass is 9.98. The molecule has 0 aliphatic carbocycles. The molecule has 0 saturated carbocycles. The number of carbonyl (C=O) groups is 1. The van der Waals surface area contributed by atoms with Gasteiger partial charge >= 0.3 is 0 Å². The fourth-order valence-electron chi connectivity index (χ4n) is 4.13. The van der Waals surface area contributed by atoms with Gasteiger partial charge in [0.25, 0.3) is 0 Å². The molecule has 0 fully saturated rings. The van der Waals surface area contributed by atoms with Crippen molar-refractivity contribution in [1.29, 1.82) is 0 Å². The number of nitrogens with one attached hydrogen (secondary N) is 1. The number of imidazole rings is 1. The molecule has 168 valence electrons. The molecule has 0 aliphatic heterocycles. The number of benzene rings is 1.